The van der Waals surface area contributed by atoms with Gasteiger partial charge < -0.3 is 14.5 Å². The Bertz CT molecular complexity index is 443. The summed E-state index contributed by atoms with van der Waals surface area (Å²) in [5.41, 5.74) is 0.865. The Labute approximate surface area is 99.8 Å². The molecule has 0 aliphatic carbocycles. The van der Waals surface area contributed by atoms with Gasteiger partial charge in [-0.1, -0.05) is 6.92 Å². The monoisotopic (exact) mass is 233 g/mol. The van der Waals surface area contributed by atoms with Crippen molar-refractivity contribution >= 4 is 0 Å². The van der Waals surface area contributed by atoms with Crippen molar-refractivity contribution in [1.29, 1.82) is 0 Å². The highest BCUT2D eigenvalue weighted by atomic mass is 16.5. The Morgan fingerprint density at radius 2 is 2.35 bits per heavy atom. The zero-order valence-corrected chi connectivity index (χ0v) is 9.72. The van der Waals surface area contributed by atoms with E-state index in [2.05, 4.69) is 15.3 Å². The smallest absolute Gasteiger partial charge is 0.233 e. The van der Waals surface area contributed by atoms with Crippen LogP contribution in [0.5, 0.6) is 5.88 Å². The van der Waals surface area contributed by atoms with Gasteiger partial charge in [0.25, 0.3) is 0 Å². The summed E-state index contributed by atoms with van der Waals surface area (Å²) in [6, 6.07) is 3.68. The van der Waals surface area contributed by atoms with Gasteiger partial charge in [-0.2, -0.15) is 0 Å². The van der Waals surface area contributed by atoms with Gasteiger partial charge in [-0.05, 0) is 18.7 Å². The molecule has 5 heteroatoms. The SMILES string of the molecule is CCNCc1cncc(OCc2ccco2)n1. The van der Waals surface area contributed by atoms with Crippen LogP contribution >= 0.6 is 0 Å². The van der Waals surface area contributed by atoms with Gasteiger partial charge in [-0.15, -0.1) is 0 Å². The zero-order chi connectivity index (χ0) is 11.9. The molecule has 0 aliphatic heterocycles. The molecule has 2 heterocycles. The first-order chi connectivity index (χ1) is 8.38. The Morgan fingerprint density at radius 3 is 3.12 bits per heavy atom. The normalized spacial score (nSPS) is 10.4. The minimum Gasteiger partial charge on any atom is -0.468 e. The van der Waals surface area contributed by atoms with Crippen molar-refractivity contribution in [2.24, 2.45) is 0 Å². The molecule has 0 fully saturated rings. The number of nitrogens with one attached hydrogen (secondary N) is 1. The Balaban J connectivity index is 1.91. The minimum atomic E-state index is 0.367. The van der Waals surface area contributed by atoms with Crippen LogP contribution in [0.3, 0.4) is 0 Å². The predicted octanol–water partition coefficient (Wildman–Crippen LogP) is 1.76. The topological polar surface area (TPSA) is 60.2 Å². The lowest BCUT2D eigenvalue weighted by molar-refractivity contribution is 0.258. The summed E-state index contributed by atoms with van der Waals surface area (Å²) >= 11 is 0. The van der Waals surface area contributed by atoms with Crippen molar-refractivity contribution in [3.8, 4) is 5.88 Å². The summed E-state index contributed by atoms with van der Waals surface area (Å²) in [7, 11) is 0. The molecule has 0 atom stereocenters. The third-order valence-corrected chi connectivity index (χ3v) is 2.16. The lowest BCUT2D eigenvalue weighted by atomic mass is 10.4. The lowest BCUT2D eigenvalue weighted by Crippen LogP contribution is -2.13. The third kappa shape index (κ3) is 3.57. The van der Waals surface area contributed by atoms with E-state index in [4.69, 9.17) is 9.15 Å². The quantitative estimate of drug-likeness (QED) is 0.823. The number of hydrogen-bond acceptors (Lipinski definition) is 5. The number of furan rings is 1. The average molecular weight is 233 g/mol. The van der Waals surface area contributed by atoms with E-state index < -0.39 is 0 Å². The number of rotatable bonds is 6. The van der Waals surface area contributed by atoms with Crippen LogP contribution < -0.4 is 10.1 Å². The molecule has 0 spiro atoms. The molecule has 0 aliphatic rings. The molecule has 0 amide bonds. The first-order valence-corrected chi connectivity index (χ1v) is 5.55. The van der Waals surface area contributed by atoms with Crippen LogP contribution in [0, 0.1) is 0 Å². The molecule has 5 nitrogen and oxygen atoms in total. The van der Waals surface area contributed by atoms with Crippen LogP contribution in [0.15, 0.2) is 35.2 Å². The maximum absolute atomic E-state index is 5.48. The second-order valence-electron chi connectivity index (χ2n) is 3.50. The molecule has 1 N–H and O–H groups in total. The zero-order valence-electron chi connectivity index (χ0n) is 9.72. The molecule has 2 aromatic heterocycles. The van der Waals surface area contributed by atoms with Crippen molar-refractivity contribution in [2.75, 3.05) is 6.54 Å². The van der Waals surface area contributed by atoms with E-state index in [-0.39, 0.29) is 0 Å². The molecule has 17 heavy (non-hydrogen) atoms. The summed E-state index contributed by atoms with van der Waals surface area (Å²) in [5.74, 6) is 1.28. The predicted molar refractivity (Wildman–Crippen MR) is 62.5 cm³/mol. The molecule has 0 aromatic carbocycles. The second-order valence-corrected chi connectivity index (χ2v) is 3.50. The highest BCUT2D eigenvalue weighted by Crippen LogP contribution is 2.09. The summed E-state index contributed by atoms with van der Waals surface area (Å²) in [4.78, 5) is 8.40. The largest absolute Gasteiger partial charge is 0.468 e. The van der Waals surface area contributed by atoms with Crippen LogP contribution in [0.4, 0.5) is 0 Å². The van der Waals surface area contributed by atoms with Crippen LogP contribution in [-0.2, 0) is 13.2 Å². The van der Waals surface area contributed by atoms with Gasteiger partial charge >= 0.3 is 0 Å². The Kier molecular flexibility index (Phi) is 4.10. The van der Waals surface area contributed by atoms with Crippen molar-refractivity contribution in [3.05, 3.63) is 42.2 Å². The summed E-state index contributed by atoms with van der Waals surface area (Å²) in [6.45, 7) is 4.01. The van der Waals surface area contributed by atoms with Crippen LogP contribution in [-0.4, -0.2) is 16.5 Å². The standard InChI is InChI=1S/C12H15N3O2/c1-2-13-6-10-7-14-8-12(15-10)17-9-11-4-3-5-16-11/h3-5,7-8,13H,2,6,9H2,1H3. The molecule has 0 saturated carbocycles. The first-order valence-electron chi connectivity index (χ1n) is 5.55. The molecule has 90 valence electrons. The number of ether oxygens (including phenoxy) is 1. The van der Waals surface area contributed by atoms with Gasteiger partial charge in [0.2, 0.25) is 5.88 Å². The van der Waals surface area contributed by atoms with Crippen molar-refractivity contribution in [2.45, 2.75) is 20.1 Å². The fourth-order valence-electron chi connectivity index (χ4n) is 1.33. The first kappa shape index (κ1) is 11.6. The molecular weight excluding hydrogens is 218 g/mol. The fraction of sp³-hybridized carbons (Fsp3) is 0.333. The highest BCUT2D eigenvalue weighted by Gasteiger charge is 2.01. The van der Waals surface area contributed by atoms with Gasteiger partial charge in [0.1, 0.15) is 12.4 Å². The molecule has 0 saturated heterocycles. The van der Waals surface area contributed by atoms with Crippen molar-refractivity contribution < 1.29 is 9.15 Å². The van der Waals surface area contributed by atoms with E-state index in [9.17, 15) is 0 Å². The van der Waals surface area contributed by atoms with Gasteiger partial charge in [-0.25, -0.2) is 4.98 Å². The summed E-state index contributed by atoms with van der Waals surface area (Å²) < 4.78 is 10.6. The van der Waals surface area contributed by atoms with E-state index >= 15 is 0 Å². The molecule has 0 unspecified atom stereocenters. The van der Waals surface area contributed by atoms with Gasteiger partial charge in [-0.3, -0.25) is 4.98 Å². The maximum Gasteiger partial charge on any atom is 0.233 e. The Hall–Kier alpha value is -1.88. The van der Waals surface area contributed by atoms with E-state index in [1.54, 1.807) is 18.7 Å². The Morgan fingerprint density at radius 1 is 1.41 bits per heavy atom. The number of nitrogens with zero attached hydrogens (tertiary/aromatic N) is 2. The average Bonchev–Trinajstić information content (AvgIpc) is 2.87. The van der Waals surface area contributed by atoms with Gasteiger partial charge in [0.15, 0.2) is 0 Å². The van der Waals surface area contributed by atoms with Crippen LogP contribution in [0.25, 0.3) is 0 Å². The summed E-state index contributed by atoms with van der Waals surface area (Å²) in [6.07, 6.45) is 4.94. The van der Waals surface area contributed by atoms with E-state index in [0.29, 0.717) is 19.0 Å². The highest BCUT2D eigenvalue weighted by molar-refractivity contribution is 5.09. The van der Waals surface area contributed by atoms with Crippen molar-refractivity contribution in [3.63, 3.8) is 0 Å². The number of aromatic nitrogens is 2. The van der Waals surface area contributed by atoms with E-state index in [0.717, 1.165) is 18.0 Å². The van der Waals surface area contributed by atoms with E-state index in [1.807, 2.05) is 19.1 Å². The van der Waals surface area contributed by atoms with Gasteiger partial charge in [0, 0.05) is 12.7 Å². The van der Waals surface area contributed by atoms with Crippen molar-refractivity contribution in [1.82, 2.24) is 15.3 Å². The number of hydrogen-bond donors (Lipinski definition) is 1. The van der Waals surface area contributed by atoms with Crippen LogP contribution in [0.2, 0.25) is 0 Å². The molecule has 0 radical (unpaired) electrons. The molecule has 2 aromatic rings. The van der Waals surface area contributed by atoms with Gasteiger partial charge in [0.05, 0.1) is 18.2 Å². The second kappa shape index (κ2) is 6.00. The summed E-state index contributed by atoms with van der Waals surface area (Å²) in [5, 5.41) is 3.18. The fourth-order valence-corrected chi connectivity index (χ4v) is 1.33. The lowest BCUT2D eigenvalue weighted by Gasteiger charge is -2.05. The minimum absolute atomic E-state index is 0.367. The van der Waals surface area contributed by atoms with E-state index in [1.165, 1.54) is 0 Å². The van der Waals surface area contributed by atoms with Crippen LogP contribution in [0.1, 0.15) is 18.4 Å². The molecular formula is C12H15N3O2. The maximum atomic E-state index is 5.48. The third-order valence-electron chi connectivity index (χ3n) is 2.16. The molecule has 2 rings (SSSR count). The molecule has 0 bridgehead atoms.